The molecule has 0 aromatic rings. The Morgan fingerprint density at radius 3 is 1.62 bits per heavy atom. The summed E-state index contributed by atoms with van der Waals surface area (Å²) in [6.07, 6.45) is 14.9. The van der Waals surface area contributed by atoms with Crippen LogP contribution in [0.5, 0.6) is 0 Å². The van der Waals surface area contributed by atoms with Crippen LogP contribution in [0.25, 0.3) is 0 Å². The summed E-state index contributed by atoms with van der Waals surface area (Å²) in [5.74, 6) is 0.799. The second kappa shape index (κ2) is 15.9. The third-order valence-corrected chi connectivity index (χ3v) is 7.29. The molecule has 0 fully saturated rings. The highest BCUT2D eigenvalue weighted by molar-refractivity contribution is 9.10. The van der Waals surface area contributed by atoms with Gasteiger partial charge in [-0.2, -0.15) is 0 Å². The van der Waals surface area contributed by atoms with Crippen molar-refractivity contribution >= 4 is 63.7 Å². The summed E-state index contributed by atoms with van der Waals surface area (Å²) in [7, 11) is 0. The van der Waals surface area contributed by atoms with Crippen LogP contribution in [0.15, 0.2) is 0 Å². The quantitative estimate of drug-likeness (QED) is 0.123. The number of halogens is 4. The van der Waals surface area contributed by atoms with Crippen LogP contribution in [0.3, 0.4) is 0 Å². The summed E-state index contributed by atoms with van der Waals surface area (Å²) in [5.41, 5.74) is 0.419. The molecule has 0 N–H and O–H groups in total. The number of unbranched alkanes of at least 4 members (excludes halogenated alkanes) is 5. The number of hydrogen-bond acceptors (Lipinski definition) is 0. The topological polar surface area (TPSA) is 0 Å². The van der Waals surface area contributed by atoms with E-state index in [-0.39, 0.29) is 0 Å². The summed E-state index contributed by atoms with van der Waals surface area (Å²) in [6, 6.07) is 0. The van der Waals surface area contributed by atoms with E-state index in [9.17, 15) is 0 Å². The average molecular weight is 598 g/mol. The number of alkyl halides is 4. The van der Waals surface area contributed by atoms with Gasteiger partial charge in [0.05, 0.1) is 0 Å². The van der Waals surface area contributed by atoms with E-state index in [0.717, 1.165) is 16.6 Å². The first kappa shape index (κ1) is 25.9. The van der Waals surface area contributed by atoms with Gasteiger partial charge in [-0.25, -0.2) is 0 Å². The fourth-order valence-electron chi connectivity index (χ4n) is 3.53. The molecule has 0 aromatic heterocycles. The molecule has 0 saturated heterocycles. The minimum Gasteiger partial charge on any atom is -0.0928 e. The molecular weight excluding hydrogens is 560 g/mol. The summed E-state index contributed by atoms with van der Waals surface area (Å²) in [6.45, 7) is 7.17. The Labute approximate surface area is 185 Å². The summed E-state index contributed by atoms with van der Waals surface area (Å²) < 4.78 is 0. The molecule has 2 unspecified atom stereocenters. The maximum Gasteiger partial charge on any atom is 0.0151 e. The van der Waals surface area contributed by atoms with E-state index in [1.54, 1.807) is 0 Å². The molecule has 0 aliphatic carbocycles. The van der Waals surface area contributed by atoms with Gasteiger partial charge >= 0.3 is 0 Å². The van der Waals surface area contributed by atoms with E-state index >= 15 is 0 Å². The van der Waals surface area contributed by atoms with Crippen molar-refractivity contribution in [2.75, 3.05) is 10.7 Å². The monoisotopic (exact) mass is 594 g/mol. The van der Waals surface area contributed by atoms with Gasteiger partial charge in [0.2, 0.25) is 0 Å². The third-order valence-electron chi connectivity index (χ3n) is 5.14. The maximum absolute atomic E-state index is 3.97. The van der Waals surface area contributed by atoms with Crippen molar-refractivity contribution in [1.29, 1.82) is 0 Å². The van der Waals surface area contributed by atoms with Crippen molar-refractivity contribution in [3.8, 4) is 0 Å². The van der Waals surface area contributed by atoms with Crippen LogP contribution in [0.4, 0.5) is 0 Å². The van der Waals surface area contributed by atoms with Crippen molar-refractivity contribution in [3.63, 3.8) is 0 Å². The van der Waals surface area contributed by atoms with Crippen LogP contribution in [0, 0.1) is 11.3 Å². The van der Waals surface area contributed by atoms with Gasteiger partial charge in [-0.3, -0.25) is 0 Å². The number of rotatable bonds is 16. The van der Waals surface area contributed by atoms with E-state index in [4.69, 9.17) is 0 Å². The molecule has 0 bridgehead atoms. The summed E-state index contributed by atoms with van der Waals surface area (Å²) in [4.78, 5) is 1.36. The lowest BCUT2D eigenvalue weighted by Crippen LogP contribution is -2.28. The first-order valence-electron chi connectivity index (χ1n) is 9.73. The molecule has 0 amide bonds. The molecule has 0 aromatic carbocycles. The zero-order chi connectivity index (χ0) is 18.4. The van der Waals surface area contributed by atoms with Gasteiger partial charge in [0.1, 0.15) is 0 Å². The first-order chi connectivity index (χ1) is 11.3. The van der Waals surface area contributed by atoms with E-state index in [0.29, 0.717) is 15.1 Å². The first-order valence-corrected chi connectivity index (χ1v) is 13.8. The third kappa shape index (κ3) is 14.0. The van der Waals surface area contributed by atoms with Gasteiger partial charge < -0.3 is 0 Å². The Kier molecular flexibility index (Phi) is 17.2. The largest absolute Gasteiger partial charge is 0.0928 e. The highest BCUT2D eigenvalue weighted by Gasteiger charge is 2.30. The van der Waals surface area contributed by atoms with E-state index in [2.05, 4.69) is 84.5 Å². The Morgan fingerprint density at radius 1 is 0.708 bits per heavy atom. The Morgan fingerprint density at radius 2 is 1.17 bits per heavy atom. The van der Waals surface area contributed by atoms with Crippen molar-refractivity contribution in [1.82, 2.24) is 0 Å². The van der Waals surface area contributed by atoms with Crippen LogP contribution < -0.4 is 0 Å². The van der Waals surface area contributed by atoms with Crippen molar-refractivity contribution < 1.29 is 0 Å². The van der Waals surface area contributed by atoms with Crippen LogP contribution in [0.2, 0.25) is 0 Å². The molecule has 24 heavy (non-hydrogen) atoms. The van der Waals surface area contributed by atoms with Crippen LogP contribution in [0.1, 0.15) is 91.4 Å². The lowest BCUT2D eigenvalue weighted by atomic mass is 9.72. The molecule has 0 nitrogen and oxygen atoms in total. The van der Waals surface area contributed by atoms with Gasteiger partial charge in [0, 0.05) is 20.3 Å². The van der Waals surface area contributed by atoms with Crippen molar-refractivity contribution in [2.24, 2.45) is 11.3 Å². The molecular formula is C20H38Br4. The fourth-order valence-corrected chi connectivity index (χ4v) is 6.11. The average Bonchev–Trinajstić information content (AvgIpc) is 2.49. The number of hydrogen-bond donors (Lipinski definition) is 0. The lowest BCUT2D eigenvalue weighted by molar-refractivity contribution is 0.183. The van der Waals surface area contributed by atoms with Crippen LogP contribution in [-0.4, -0.2) is 20.3 Å². The molecule has 0 spiro atoms. The molecule has 0 rings (SSSR count). The van der Waals surface area contributed by atoms with E-state index < -0.39 is 0 Å². The molecule has 0 aliphatic heterocycles. The molecule has 0 heterocycles. The summed E-state index contributed by atoms with van der Waals surface area (Å²) >= 11 is 14.9. The van der Waals surface area contributed by atoms with E-state index in [1.807, 2.05) is 0 Å². The normalized spacial score (nSPS) is 15.0. The fraction of sp³-hybridized carbons (Fsp3) is 1.00. The minimum atomic E-state index is 0.419. The van der Waals surface area contributed by atoms with Gasteiger partial charge in [0.25, 0.3) is 0 Å². The predicted octanol–water partition coefficient (Wildman–Crippen LogP) is 9.26. The molecule has 0 saturated carbocycles. The van der Waals surface area contributed by atoms with Crippen LogP contribution >= 0.6 is 63.7 Å². The highest BCUT2D eigenvalue weighted by Crippen LogP contribution is 2.39. The van der Waals surface area contributed by atoms with E-state index in [1.165, 1.54) is 70.6 Å². The Bertz CT molecular complexity index is 273. The smallest absolute Gasteiger partial charge is 0.0151 e. The molecule has 0 radical (unpaired) electrons. The second-order valence-electron chi connectivity index (χ2n) is 7.92. The molecule has 146 valence electrons. The molecule has 4 heteroatoms. The lowest BCUT2D eigenvalue weighted by Gasteiger charge is -2.36. The molecule has 0 aliphatic rings. The predicted molar refractivity (Wildman–Crippen MR) is 127 cm³/mol. The van der Waals surface area contributed by atoms with Gasteiger partial charge in [-0.1, -0.05) is 123 Å². The van der Waals surface area contributed by atoms with Gasteiger partial charge in [0.15, 0.2) is 0 Å². The van der Waals surface area contributed by atoms with Gasteiger partial charge in [-0.15, -0.1) is 0 Å². The SMILES string of the molecule is CC(Br)CCCCCCCCC(Br)CC(C)(C)C(CCBr)CCBr. The molecule has 2 atom stereocenters. The summed E-state index contributed by atoms with van der Waals surface area (Å²) in [5, 5.41) is 2.24. The Hall–Kier alpha value is 1.92. The second-order valence-corrected chi connectivity index (χ2v) is 12.4. The maximum atomic E-state index is 3.97. The standard InChI is InChI=1S/C20H38Br4/c1-17(23)10-8-6-4-5-7-9-11-19(24)16-20(2,3)18(12-14-21)13-15-22/h17-19H,4-16H2,1-3H3. The zero-order valence-corrected chi connectivity index (χ0v) is 22.3. The minimum absolute atomic E-state index is 0.419. The zero-order valence-electron chi connectivity index (χ0n) is 15.9. The van der Waals surface area contributed by atoms with Crippen molar-refractivity contribution in [3.05, 3.63) is 0 Å². The van der Waals surface area contributed by atoms with Gasteiger partial charge in [-0.05, 0) is 43.4 Å². The Balaban J connectivity index is 3.84. The van der Waals surface area contributed by atoms with Crippen molar-refractivity contribution in [2.45, 2.75) is 101 Å². The van der Waals surface area contributed by atoms with Crippen LogP contribution in [-0.2, 0) is 0 Å². The highest BCUT2D eigenvalue weighted by atomic mass is 79.9.